The normalized spacial score (nSPS) is 14.3. The summed E-state index contributed by atoms with van der Waals surface area (Å²) in [4.78, 5) is -0.233. The molecule has 1 rings (SSSR count). The molecule has 1 aromatic rings. The van der Waals surface area contributed by atoms with Crippen molar-refractivity contribution in [3.05, 3.63) is 35.4 Å². The molecule has 0 N–H and O–H groups in total. The van der Waals surface area contributed by atoms with Gasteiger partial charge in [-0.15, -0.1) is 0 Å². The summed E-state index contributed by atoms with van der Waals surface area (Å²) in [6.45, 7) is 5.25. The van der Waals surface area contributed by atoms with Crippen molar-refractivity contribution in [1.82, 2.24) is 0 Å². The molecule has 1 nitrogen and oxygen atoms in total. The lowest BCUT2D eigenvalue weighted by Gasteiger charge is -2.24. The largest absolute Gasteiger partial charge is 0.411 e. The second-order valence-electron chi connectivity index (χ2n) is 5.46. The Morgan fingerprint density at radius 1 is 1.15 bits per heavy atom. The lowest BCUT2D eigenvalue weighted by Crippen LogP contribution is -2.18. The van der Waals surface area contributed by atoms with Gasteiger partial charge in [0.15, 0.2) is 0 Å². The number of hydrogen-bond donors (Lipinski definition) is 0. The van der Waals surface area contributed by atoms with Crippen LogP contribution >= 0.6 is 15.9 Å². The van der Waals surface area contributed by atoms with Gasteiger partial charge in [0.05, 0.1) is 11.4 Å². The highest BCUT2D eigenvalue weighted by Crippen LogP contribution is 2.30. The first-order valence-corrected chi connectivity index (χ1v) is 7.46. The number of hydrogen-bond acceptors (Lipinski definition) is 1. The summed E-state index contributed by atoms with van der Waals surface area (Å²) in [5, 5.41) is 0. The van der Waals surface area contributed by atoms with E-state index in [0.29, 0.717) is 0 Å². The molecule has 0 fully saturated rings. The summed E-state index contributed by atoms with van der Waals surface area (Å²) >= 11 is 3.35. The van der Waals surface area contributed by atoms with Crippen LogP contribution in [0.15, 0.2) is 24.3 Å². The first-order chi connectivity index (χ1) is 9.15. The summed E-state index contributed by atoms with van der Waals surface area (Å²) in [6.07, 6.45) is -3.25. The van der Waals surface area contributed by atoms with Crippen LogP contribution < -0.4 is 0 Å². The first-order valence-electron chi connectivity index (χ1n) is 6.55. The minimum absolute atomic E-state index is 0.00394. The smallest absolute Gasteiger partial charge is 0.371 e. The van der Waals surface area contributed by atoms with Crippen molar-refractivity contribution >= 4 is 15.9 Å². The number of halogens is 4. The van der Waals surface area contributed by atoms with E-state index in [4.69, 9.17) is 0 Å². The molecule has 0 aliphatic carbocycles. The second-order valence-corrected chi connectivity index (χ2v) is 6.56. The highest BCUT2D eigenvalue weighted by molar-refractivity contribution is 9.09. The summed E-state index contributed by atoms with van der Waals surface area (Å²) in [7, 11) is 0. The molecular weight excluding hydrogens is 333 g/mol. The SMILES string of the molecule is CCC(C)(C)c1ccc(C(Br)COCC(F)(F)F)cc1. The zero-order valence-corrected chi connectivity index (χ0v) is 13.5. The van der Waals surface area contributed by atoms with Gasteiger partial charge in [0.2, 0.25) is 0 Å². The fourth-order valence-electron chi connectivity index (χ4n) is 1.72. The average molecular weight is 353 g/mol. The van der Waals surface area contributed by atoms with E-state index in [1.54, 1.807) is 0 Å². The summed E-state index contributed by atoms with van der Waals surface area (Å²) in [6, 6.07) is 7.92. The van der Waals surface area contributed by atoms with Gasteiger partial charge in [0.1, 0.15) is 6.61 Å². The van der Waals surface area contributed by atoms with Crippen LogP contribution in [0, 0.1) is 0 Å². The predicted octanol–water partition coefficient (Wildman–Crippen LogP) is 5.39. The van der Waals surface area contributed by atoms with Gasteiger partial charge in [0, 0.05) is 0 Å². The molecule has 0 aliphatic heterocycles. The zero-order valence-electron chi connectivity index (χ0n) is 11.9. The Bertz CT molecular complexity index is 412. The minimum Gasteiger partial charge on any atom is -0.371 e. The third kappa shape index (κ3) is 5.44. The van der Waals surface area contributed by atoms with E-state index < -0.39 is 12.8 Å². The van der Waals surface area contributed by atoms with Crippen LogP contribution in [0.3, 0.4) is 0 Å². The van der Waals surface area contributed by atoms with E-state index in [9.17, 15) is 13.2 Å². The first kappa shape index (κ1) is 17.5. The molecule has 5 heteroatoms. The maximum atomic E-state index is 12.0. The molecule has 114 valence electrons. The van der Waals surface area contributed by atoms with Gasteiger partial charge in [-0.3, -0.25) is 0 Å². The van der Waals surface area contributed by atoms with Crippen molar-refractivity contribution in [2.45, 2.75) is 43.6 Å². The molecule has 0 heterocycles. The standard InChI is InChI=1S/C15H20BrF3O/c1-4-14(2,3)12-7-5-11(6-8-12)13(16)9-20-10-15(17,18)19/h5-8,13H,4,9-10H2,1-3H3. The van der Waals surface area contributed by atoms with Crippen LogP contribution in [-0.2, 0) is 10.2 Å². The Kier molecular flexibility index (Phi) is 6.07. The van der Waals surface area contributed by atoms with Crippen molar-refractivity contribution in [1.29, 1.82) is 0 Å². The molecule has 0 bridgehead atoms. The van der Waals surface area contributed by atoms with Crippen LogP contribution in [0.4, 0.5) is 13.2 Å². The lowest BCUT2D eigenvalue weighted by molar-refractivity contribution is -0.173. The van der Waals surface area contributed by atoms with Crippen molar-refractivity contribution < 1.29 is 17.9 Å². The molecule has 1 aromatic carbocycles. The van der Waals surface area contributed by atoms with Crippen LogP contribution in [0.2, 0.25) is 0 Å². The zero-order chi connectivity index (χ0) is 15.4. The van der Waals surface area contributed by atoms with Gasteiger partial charge < -0.3 is 4.74 Å². The predicted molar refractivity (Wildman–Crippen MR) is 78.3 cm³/mol. The highest BCUT2D eigenvalue weighted by Gasteiger charge is 2.28. The van der Waals surface area contributed by atoms with Gasteiger partial charge in [-0.25, -0.2) is 0 Å². The van der Waals surface area contributed by atoms with Crippen LogP contribution in [0.1, 0.15) is 43.1 Å². The summed E-state index contributed by atoms with van der Waals surface area (Å²) < 4.78 is 40.6. The fraction of sp³-hybridized carbons (Fsp3) is 0.600. The maximum Gasteiger partial charge on any atom is 0.411 e. The molecule has 0 spiro atoms. The second kappa shape index (κ2) is 6.94. The van der Waals surface area contributed by atoms with Crippen molar-refractivity contribution in [2.75, 3.05) is 13.2 Å². The molecule has 1 atom stereocenters. The quantitative estimate of drug-likeness (QED) is 0.623. The van der Waals surface area contributed by atoms with Gasteiger partial charge in [-0.05, 0) is 23.0 Å². The van der Waals surface area contributed by atoms with Crippen molar-refractivity contribution in [3.63, 3.8) is 0 Å². The van der Waals surface area contributed by atoms with Gasteiger partial charge in [-0.1, -0.05) is 61.0 Å². The molecule has 1 unspecified atom stereocenters. The third-order valence-electron chi connectivity index (χ3n) is 3.47. The number of benzene rings is 1. The van der Waals surface area contributed by atoms with E-state index in [-0.39, 0.29) is 16.8 Å². The highest BCUT2D eigenvalue weighted by atomic mass is 79.9. The maximum absolute atomic E-state index is 12.0. The fourth-order valence-corrected chi connectivity index (χ4v) is 2.21. The number of ether oxygens (including phenoxy) is 1. The van der Waals surface area contributed by atoms with Crippen LogP contribution in [-0.4, -0.2) is 19.4 Å². The van der Waals surface area contributed by atoms with Crippen molar-refractivity contribution in [2.24, 2.45) is 0 Å². The topological polar surface area (TPSA) is 9.23 Å². The molecule has 0 aliphatic rings. The molecule has 20 heavy (non-hydrogen) atoms. The van der Waals surface area contributed by atoms with Gasteiger partial charge >= 0.3 is 6.18 Å². The molecular formula is C15H20BrF3O. The van der Waals surface area contributed by atoms with E-state index in [2.05, 4.69) is 41.4 Å². The van der Waals surface area contributed by atoms with Crippen molar-refractivity contribution in [3.8, 4) is 0 Å². The molecule has 0 saturated heterocycles. The number of rotatable bonds is 6. The Balaban J connectivity index is 2.60. The Labute approximate surface area is 126 Å². The van der Waals surface area contributed by atoms with E-state index in [0.717, 1.165) is 12.0 Å². The average Bonchev–Trinajstić information content (AvgIpc) is 2.37. The summed E-state index contributed by atoms with van der Waals surface area (Å²) in [5.41, 5.74) is 2.25. The van der Waals surface area contributed by atoms with E-state index in [1.807, 2.05) is 24.3 Å². The van der Waals surface area contributed by atoms with Gasteiger partial charge in [-0.2, -0.15) is 13.2 Å². The van der Waals surface area contributed by atoms with E-state index >= 15 is 0 Å². The minimum atomic E-state index is -4.28. The Morgan fingerprint density at radius 3 is 2.15 bits per heavy atom. The Morgan fingerprint density at radius 2 is 1.70 bits per heavy atom. The summed E-state index contributed by atoms with van der Waals surface area (Å²) in [5.74, 6) is 0. The third-order valence-corrected chi connectivity index (χ3v) is 4.26. The Hall–Kier alpha value is -0.550. The lowest BCUT2D eigenvalue weighted by atomic mass is 9.82. The van der Waals surface area contributed by atoms with Gasteiger partial charge in [0.25, 0.3) is 0 Å². The van der Waals surface area contributed by atoms with E-state index in [1.165, 1.54) is 5.56 Å². The molecule has 0 saturated carbocycles. The van der Waals surface area contributed by atoms with Crippen LogP contribution in [0.5, 0.6) is 0 Å². The molecule has 0 aromatic heterocycles. The monoisotopic (exact) mass is 352 g/mol. The molecule has 0 radical (unpaired) electrons. The molecule has 0 amide bonds. The number of alkyl halides is 4. The van der Waals surface area contributed by atoms with Crippen LogP contribution in [0.25, 0.3) is 0 Å².